The minimum absolute atomic E-state index is 0.0424. The van der Waals surface area contributed by atoms with E-state index in [1.807, 2.05) is 18.2 Å². The highest BCUT2D eigenvalue weighted by atomic mass is 79.9. The average molecular weight is 354 g/mol. The van der Waals surface area contributed by atoms with Crippen molar-refractivity contribution >= 4 is 27.9 Å². The summed E-state index contributed by atoms with van der Waals surface area (Å²) in [7, 11) is 0. The highest BCUT2D eigenvalue weighted by molar-refractivity contribution is 9.10. The number of hydrogen-bond donors (Lipinski definition) is 0. The Kier molecular flexibility index (Phi) is 4.93. The lowest BCUT2D eigenvalue weighted by Gasteiger charge is -2.26. The Morgan fingerprint density at radius 3 is 3.00 bits per heavy atom. The largest absolute Gasteiger partial charge is 0.368 e. The van der Waals surface area contributed by atoms with Gasteiger partial charge in [-0.3, -0.25) is 4.79 Å². The highest BCUT2D eigenvalue weighted by Crippen LogP contribution is 2.28. The Morgan fingerprint density at radius 1 is 1.33 bits per heavy atom. The topological polar surface area (TPSA) is 38.8 Å². The zero-order chi connectivity index (χ0) is 14.7. The second-order valence-electron chi connectivity index (χ2n) is 5.61. The lowest BCUT2D eigenvalue weighted by atomic mass is 10.2. The van der Waals surface area contributed by atoms with Crippen molar-refractivity contribution in [3.63, 3.8) is 0 Å². The summed E-state index contributed by atoms with van der Waals surface area (Å²) in [6.45, 7) is 2.55. The van der Waals surface area contributed by atoms with Gasteiger partial charge in [0.1, 0.15) is 0 Å². The Morgan fingerprint density at radius 2 is 2.24 bits per heavy atom. The van der Waals surface area contributed by atoms with Crippen molar-refractivity contribution in [3.8, 4) is 0 Å². The molecule has 4 nitrogen and oxygen atoms in total. The van der Waals surface area contributed by atoms with Crippen LogP contribution < -0.4 is 4.90 Å². The molecule has 3 rings (SSSR count). The molecule has 1 aromatic rings. The van der Waals surface area contributed by atoms with Crippen molar-refractivity contribution in [2.75, 3.05) is 24.6 Å². The predicted molar refractivity (Wildman–Crippen MR) is 84.8 cm³/mol. The minimum Gasteiger partial charge on any atom is -0.368 e. The van der Waals surface area contributed by atoms with Gasteiger partial charge in [-0.15, -0.1) is 0 Å². The first-order valence-corrected chi connectivity index (χ1v) is 8.32. The van der Waals surface area contributed by atoms with Crippen molar-refractivity contribution in [1.29, 1.82) is 0 Å². The molecule has 0 radical (unpaired) electrons. The van der Waals surface area contributed by atoms with Gasteiger partial charge in [-0.25, -0.2) is 0 Å². The van der Waals surface area contributed by atoms with Crippen LogP contribution in [-0.4, -0.2) is 38.4 Å². The zero-order valence-electron chi connectivity index (χ0n) is 12.0. The van der Waals surface area contributed by atoms with Gasteiger partial charge < -0.3 is 14.4 Å². The summed E-state index contributed by atoms with van der Waals surface area (Å²) < 4.78 is 12.6. The number of nitrogens with zero attached hydrogens (tertiary/aromatic N) is 1. The van der Waals surface area contributed by atoms with Crippen LogP contribution in [0.1, 0.15) is 36.0 Å². The predicted octanol–water partition coefficient (Wildman–Crippen LogP) is 3.38. The fourth-order valence-electron chi connectivity index (χ4n) is 3.00. The first-order chi connectivity index (χ1) is 10.3. The molecule has 2 fully saturated rings. The molecule has 5 heteroatoms. The van der Waals surface area contributed by atoms with Gasteiger partial charge in [0.2, 0.25) is 0 Å². The van der Waals surface area contributed by atoms with Crippen LogP contribution in [0.15, 0.2) is 22.7 Å². The van der Waals surface area contributed by atoms with Gasteiger partial charge in [0.25, 0.3) is 0 Å². The van der Waals surface area contributed by atoms with Crippen LogP contribution in [0, 0.1) is 0 Å². The van der Waals surface area contributed by atoms with E-state index in [4.69, 9.17) is 9.47 Å². The fraction of sp³-hybridized carbons (Fsp3) is 0.562. The van der Waals surface area contributed by atoms with Crippen LogP contribution in [0.4, 0.5) is 5.69 Å². The van der Waals surface area contributed by atoms with E-state index in [0.717, 1.165) is 61.0 Å². The van der Waals surface area contributed by atoms with E-state index >= 15 is 0 Å². The molecule has 0 amide bonds. The van der Waals surface area contributed by atoms with Crippen molar-refractivity contribution < 1.29 is 14.3 Å². The molecular formula is C16H20BrNO3. The van der Waals surface area contributed by atoms with Gasteiger partial charge in [0.05, 0.1) is 6.10 Å². The number of ether oxygens (including phenoxy) is 2. The van der Waals surface area contributed by atoms with Crippen LogP contribution >= 0.6 is 15.9 Å². The van der Waals surface area contributed by atoms with Crippen molar-refractivity contribution in [2.24, 2.45) is 0 Å². The lowest BCUT2D eigenvalue weighted by Crippen LogP contribution is -2.30. The minimum atomic E-state index is -0.0424. The molecule has 2 unspecified atom stereocenters. The maximum atomic E-state index is 11.2. The Hall–Kier alpha value is -0.910. The summed E-state index contributed by atoms with van der Waals surface area (Å²) in [5.41, 5.74) is 1.71. The number of hydrogen-bond acceptors (Lipinski definition) is 4. The molecular weight excluding hydrogens is 334 g/mol. The molecule has 114 valence electrons. The van der Waals surface area contributed by atoms with E-state index in [0.29, 0.717) is 0 Å². The van der Waals surface area contributed by atoms with Crippen LogP contribution in [0.2, 0.25) is 0 Å². The van der Waals surface area contributed by atoms with Gasteiger partial charge in [0.15, 0.2) is 12.6 Å². The molecule has 0 aromatic heterocycles. The first kappa shape index (κ1) is 15.0. The molecule has 2 aliphatic heterocycles. The summed E-state index contributed by atoms with van der Waals surface area (Å²) in [4.78, 5) is 13.5. The molecule has 1 aromatic carbocycles. The molecule has 2 atom stereocenters. The summed E-state index contributed by atoms with van der Waals surface area (Å²) in [6, 6.07) is 5.83. The van der Waals surface area contributed by atoms with Crippen molar-refractivity contribution in [2.45, 2.75) is 38.1 Å². The fourth-order valence-corrected chi connectivity index (χ4v) is 3.38. The van der Waals surface area contributed by atoms with Crippen LogP contribution in [0.3, 0.4) is 0 Å². The number of benzene rings is 1. The summed E-state index contributed by atoms with van der Waals surface area (Å²) in [5.74, 6) is 0. The Balaban J connectivity index is 1.62. The zero-order valence-corrected chi connectivity index (χ0v) is 13.5. The molecule has 0 aliphatic carbocycles. The number of carbonyl (C=O) groups is 1. The van der Waals surface area contributed by atoms with Gasteiger partial charge in [-0.05, 0) is 43.9 Å². The average Bonchev–Trinajstić information content (AvgIpc) is 2.96. The SMILES string of the molecule is O=Cc1cc(Br)ccc1N1CCC(OC2CCCCO2)C1. The second-order valence-corrected chi connectivity index (χ2v) is 6.53. The Labute approximate surface area is 133 Å². The lowest BCUT2D eigenvalue weighted by molar-refractivity contribution is -0.183. The number of carbonyl (C=O) groups excluding carboxylic acids is 1. The second kappa shape index (κ2) is 6.90. The van der Waals surface area contributed by atoms with Gasteiger partial charge in [-0.1, -0.05) is 15.9 Å². The summed E-state index contributed by atoms with van der Waals surface area (Å²) >= 11 is 3.40. The van der Waals surface area contributed by atoms with Crippen molar-refractivity contribution in [1.82, 2.24) is 0 Å². The summed E-state index contributed by atoms with van der Waals surface area (Å²) in [5, 5.41) is 0. The van der Waals surface area contributed by atoms with Crippen LogP contribution in [-0.2, 0) is 9.47 Å². The third kappa shape index (κ3) is 3.65. The monoisotopic (exact) mass is 353 g/mol. The normalized spacial score (nSPS) is 26.0. The van der Waals surface area contributed by atoms with Crippen LogP contribution in [0.5, 0.6) is 0 Å². The molecule has 2 aliphatic rings. The molecule has 0 spiro atoms. The maximum absolute atomic E-state index is 11.2. The van der Waals surface area contributed by atoms with E-state index in [9.17, 15) is 4.79 Å². The van der Waals surface area contributed by atoms with E-state index < -0.39 is 0 Å². The Bertz CT molecular complexity index is 502. The van der Waals surface area contributed by atoms with E-state index in [1.165, 1.54) is 6.42 Å². The molecule has 0 bridgehead atoms. The molecule has 2 heterocycles. The number of anilines is 1. The van der Waals surface area contributed by atoms with Gasteiger partial charge >= 0.3 is 0 Å². The smallest absolute Gasteiger partial charge is 0.158 e. The maximum Gasteiger partial charge on any atom is 0.158 e. The van der Waals surface area contributed by atoms with E-state index in [2.05, 4.69) is 20.8 Å². The summed E-state index contributed by atoms with van der Waals surface area (Å²) in [6.07, 6.45) is 5.36. The first-order valence-electron chi connectivity index (χ1n) is 7.53. The number of aldehydes is 1. The highest BCUT2D eigenvalue weighted by Gasteiger charge is 2.28. The third-order valence-electron chi connectivity index (χ3n) is 4.08. The molecule has 0 saturated carbocycles. The molecule has 2 saturated heterocycles. The number of rotatable bonds is 4. The quantitative estimate of drug-likeness (QED) is 0.777. The molecule has 0 N–H and O–H groups in total. The van der Waals surface area contributed by atoms with Gasteiger partial charge in [-0.2, -0.15) is 0 Å². The van der Waals surface area contributed by atoms with E-state index in [1.54, 1.807) is 0 Å². The third-order valence-corrected chi connectivity index (χ3v) is 4.58. The molecule has 21 heavy (non-hydrogen) atoms. The standard InChI is InChI=1S/C16H20BrNO3/c17-13-4-5-15(12(9-13)11-19)18-7-6-14(10-18)21-16-3-1-2-8-20-16/h4-5,9,11,14,16H,1-3,6-8,10H2. The van der Waals surface area contributed by atoms with E-state index in [-0.39, 0.29) is 12.4 Å². The van der Waals surface area contributed by atoms with Crippen molar-refractivity contribution in [3.05, 3.63) is 28.2 Å². The number of halogens is 1. The van der Waals surface area contributed by atoms with Gasteiger partial charge in [0, 0.05) is 35.4 Å². The van der Waals surface area contributed by atoms with Crippen LogP contribution in [0.25, 0.3) is 0 Å².